The predicted octanol–water partition coefficient (Wildman–Crippen LogP) is 3.78. The molecule has 2 amide bonds. The maximum Gasteiger partial charge on any atom is 0.416 e. The molecular formula is C23H21F3N2O2. The van der Waals surface area contributed by atoms with Crippen molar-refractivity contribution in [3.05, 3.63) is 71.3 Å². The van der Waals surface area contributed by atoms with Gasteiger partial charge >= 0.3 is 6.18 Å². The molecule has 0 radical (unpaired) electrons. The molecule has 30 heavy (non-hydrogen) atoms. The number of amides is 2. The van der Waals surface area contributed by atoms with Gasteiger partial charge in [0, 0.05) is 19.0 Å². The summed E-state index contributed by atoms with van der Waals surface area (Å²) in [6, 6.07) is 13.3. The first-order valence-electron chi connectivity index (χ1n) is 9.52. The van der Waals surface area contributed by atoms with Crippen molar-refractivity contribution in [3.63, 3.8) is 0 Å². The van der Waals surface area contributed by atoms with Gasteiger partial charge < -0.3 is 10.2 Å². The van der Waals surface area contributed by atoms with E-state index in [4.69, 9.17) is 0 Å². The fourth-order valence-corrected chi connectivity index (χ4v) is 3.57. The molecule has 1 heterocycles. The van der Waals surface area contributed by atoms with Crippen molar-refractivity contribution in [2.24, 2.45) is 5.92 Å². The van der Waals surface area contributed by atoms with E-state index in [-0.39, 0.29) is 24.8 Å². The van der Waals surface area contributed by atoms with Gasteiger partial charge in [-0.15, -0.1) is 0 Å². The Morgan fingerprint density at radius 3 is 2.43 bits per heavy atom. The topological polar surface area (TPSA) is 49.4 Å². The zero-order valence-corrected chi connectivity index (χ0v) is 16.4. The molecule has 0 aromatic heterocycles. The van der Waals surface area contributed by atoms with Crippen molar-refractivity contribution in [3.8, 4) is 11.8 Å². The highest BCUT2D eigenvalue weighted by Gasteiger charge is 2.39. The number of benzene rings is 2. The third kappa shape index (κ3) is 5.01. The molecule has 3 rings (SSSR count). The van der Waals surface area contributed by atoms with E-state index in [1.807, 2.05) is 30.3 Å². The molecule has 156 valence electrons. The Kier molecular flexibility index (Phi) is 6.46. The molecule has 1 saturated heterocycles. The Bertz CT molecular complexity index is 960. The van der Waals surface area contributed by atoms with Gasteiger partial charge in [-0.2, -0.15) is 13.2 Å². The SMILES string of the molecule is CN1C(=O)CCC(C(=O)NCC#Cc2ccccc2)C1c1ccc(C(F)(F)F)cc1. The second kappa shape index (κ2) is 9.04. The summed E-state index contributed by atoms with van der Waals surface area (Å²) >= 11 is 0. The number of rotatable bonds is 3. The molecule has 0 spiro atoms. The molecule has 0 bridgehead atoms. The van der Waals surface area contributed by atoms with Crippen molar-refractivity contribution >= 4 is 11.8 Å². The summed E-state index contributed by atoms with van der Waals surface area (Å²) in [5.41, 5.74) is 0.555. The summed E-state index contributed by atoms with van der Waals surface area (Å²) in [7, 11) is 1.57. The molecule has 1 N–H and O–H groups in total. The number of halogens is 3. The summed E-state index contributed by atoms with van der Waals surface area (Å²) in [6.45, 7) is 0.140. The molecule has 2 unspecified atom stereocenters. The van der Waals surface area contributed by atoms with Crippen LogP contribution in [0, 0.1) is 17.8 Å². The van der Waals surface area contributed by atoms with Crippen LogP contribution in [0.25, 0.3) is 0 Å². The average molecular weight is 414 g/mol. The van der Waals surface area contributed by atoms with Gasteiger partial charge in [-0.1, -0.05) is 42.2 Å². The maximum atomic E-state index is 12.9. The monoisotopic (exact) mass is 414 g/mol. The van der Waals surface area contributed by atoms with Gasteiger partial charge in [-0.3, -0.25) is 9.59 Å². The van der Waals surface area contributed by atoms with Gasteiger partial charge in [0.25, 0.3) is 0 Å². The molecular weight excluding hydrogens is 393 g/mol. The van der Waals surface area contributed by atoms with Gasteiger partial charge in [0.05, 0.1) is 24.1 Å². The molecule has 1 aliphatic rings. The van der Waals surface area contributed by atoms with Crippen LogP contribution in [0.5, 0.6) is 0 Å². The van der Waals surface area contributed by atoms with E-state index in [1.54, 1.807) is 7.05 Å². The number of hydrogen-bond acceptors (Lipinski definition) is 2. The molecule has 0 aliphatic carbocycles. The zero-order valence-electron chi connectivity index (χ0n) is 16.4. The third-order valence-corrected chi connectivity index (χ3v) is 5.13. The van der Waals surface area contributed by atoms with Crippen LogP contribution in [0.3, 0.4) is 0 Å². The number of carbonyl (C=O) groups excluding carboxylic acids is 2. The Morgan fingerprint density at radius 2 is 1.80 bits per heavy atom. The summed E-state index contributed by atoms with van der Waals surface area (Å²) in [4.78, 5) is 26.4. The molecule has 0 saturated carbocycles. The van der Waals surface area contributed by atoms with Gasteiger partial charge in [-0.25, -0.2) is 0 Å². The minimum Gasteiger partial charge on any atom is -0.345 e. The lowest BCUT2D eigenvalue weighted by Crippen LogP contribution is -2.46. The molecule has 2 atom stereocenters. The standard InChI is InChI=1S/C23H21F3N2O2/c1-28-20(29)14-13-19(21(28)17-9-11-18(12-10-17)23(24,25)26)22(30)27-15-5-8-16-6-3-2-4-7-16/h2-4,6-7,9-12,19,21H,13-15H2,1H3,(H,27,30). The van der Waals surface area contributed by atoms with Crippen LogP contribution in [0.4, 0.5) is 13.2 Å². The molecule has 7 heteroatoms. The van der Waals surface area contributed by atoms with E-state index in [9.17, 15) is 22.8 Å². The van der Waals surface area contributed by atoms with Crippen LogP contribution in [0.15, 0.2) is 54.6 Å². The highest BCUT2D eigenvalue weighted by Crippen LogP contribution is 2.37. The second-order valence-corrected chi connectivity index (χ2v) is 7.10. The van der Waals surface area contributed by atoms with Crippen LogP contribution in [0.2, 0.25) is 0 Å². The smallest absolute Gasteiger partial charge is 0.345 e. The first kappa shape index (κ1) is 21.4. The largest absolute Gasteiger partial charge is 0.416 e. The normalized spacial score (nSPS) is 19.1. The molecule has 2 aromatic carbocycles. The van der Waals surface area contributed by atoms with E-state index < -0.39 is 23.7 Å². The number of carbonyl (C=O) groups is 2. The number of likely N-dealkylation sites (tertiary alicyclic amines) is 1. The summed E-state index contributed by atoms with van der Waals surface area (Å²) in [6.07, 6.45) is -3.91. The van der Waals surface area contributed by atoms with Crippen molar-refractivity contribution in [1.29, 1.82) is 0 Å². The van der Waals surface area contributed by atoms with Gasteiger partial charge in [-0.05, 0) is 36.2 Å². The summed E-state index contributed by atoms with van der Waals surface area (Å²) in [5.74, 6) is 4.84. The minimum absolute atomic E-state index is 0.140. The lowest BCUT2D eigenvalue weighted by molar-refractivity contribution is -0.142. The Labute approximate surface area is 173 Å². The van der Waals surface area contributed by atoms with Crippen LogP contribution in [-0.2, 0) is 15.8 Å². The molecule has 1 fully saturated rings. The average Bonchev–Trinajstić information content (AvgIpc) is 2.73. The van der Waals surface area contributed by atoms with E-state index >= 15 is 0 Å². The lowest BCUT2D eigenvalue weighted by atomic mass is 9.83. The fourth-order valence-electron chi connectivity index (χ4n) is 3.57. The predicted molar refractivity (Wildman–Crippen MR) is 106 cm³/mol. The number of nitrogens with one attached hydrogen (secondary N) is 1. The Morgan fingerprint density at radius 1 is 1.13 bits per heavy atom. The maximum absolute atomic E-state index is 12.9. The van der Waals surface area contributed by atoms with Crippen molar-refractivity contribution < 1.29 is 22.8 Å². The van der Waals surface area contributed by atoms with Crippen LogP contribution < -0.4 is 5.32 Å². The third-order valence-electron chi connectivity index (χ3n) is 5.13. The van der Waals surface area contributed by atoms with Gasteiger partial charge in [0.15, 0.2) is 0 Å². The molecule has 2 aromatic rings. The Hall–Kier alpha value is -3.27. The lowest BCUT2D eigenvalue weighted by Gasteiger charge is -2.38. The summed E-state index contributed by atoms with van der Waals surface area (Å²) in [5, 5.41) is 2.76. The number of hydrogen-bond donors (Lipinski definition) is 1. The Balaban J connectivity index is 1.74. The zero-order chi connectivity index (χ0) is 21.7. The quantitative estimate of drug-likeness (QED) is 0.778. The van der Waals surface area contributed by atoms with Crippen molar-refractivity contribution in [2.75, 3.05) is 13.6 Å². The minimum atomic E-state index is -4.44. The summed E-state index contributed by atoms with van der Waals surface area (Å²) < 4.78 is 38.6. The van der Waals surface area contributed by atoms with E-state index in [0.717, 1.165) is 17.7 Å². The van der Waals surface area contributed by atoms with Crippen LogP contribution >= 0.6 is 0 Å². The first-order chi connectivity index (χ1) is 14.3. The number of nitrogens with zero attached hydrogens (tertiary/aromatic N) is 1. The number of piperidine rings is 1. The van der Waals surface area contributed by atoms with Crippen LogP contribution in [-0.4, -0.2) is 30.3 Å². The van der Waals surface area contributed by atoms with E-state index in [1.165, 1.54) is 17.0 Å². The van der Waals surface area contributed by atoms with Crippen molar-refractivity contribution in [1.82, 2.24) is 10.2 Å². The number of alkyl halides is 3. The highest BCUT2D eigenvalue weighted by atomic mass is 19.4. The van der Waals surface area contributed by atoms with Crippen LogP contribution in [0.1, 0.15) is 35.6 Å². The first-order valence-corrected chi connectivity index (χ1v) is 9.52. The fraction of sp³-hybridized carbons (Fsp3) is 0.304. The molecule has 1 aliphatic heterocycles. The van der Waals surface area contributed by atoms with Gasteiger partial charge in [0.2, 0.25) is 11.8 Å². The van der Waals surface area contributed by atoms with Crippen molar-refractivity contribution in [2.45, 2.75) is 25.1 Å². The second-order valence-electron chi connectivity index (χ2n) is 7.10. The highest BCUT2D eigenvalue weighted by molar-refractivity contribution is 5.85. The van der Waals surface area contributed by atoms with E-state index in [2.05, 4.69) is 17.2 Å². The van der Waals surface area contributed by atoms with E-state index in [0.29, 0.717) is 12.0 Å². The molecule has 4 nitrogen and oxygen atoms in total. The van der Waals surface area contributed by atoms with Gasteiger partial charge in [0.1, 0.15) is 0 Å².